The molecule has 0 unspecified atom stereocenters. The van der Waals surface area contributed by atoms with Gasteiger partial charge in [0, 0.05) is 26.2 Å². The summed E-state index contributed by atoms with van der Waals surface area (Å²) in [6.45, 7) is 9.33. The van der Waals surface area contributed by atoms with Crippen molar-refractivity contribution in [2.24, 2.45) is 12.0 Å². The first kappa shape index (κ1) is 21.0. The number of nitrogens with one attached hydrogen (secondary N) is 1. The number of nitrogens with zero attached hydrogens (tertiary/aromatic N) is 7. The molecule has 8 nitrogen and oxygen atoms in total. The Bertz CT molecular complexity index is 626. The lowest BCUT2D eigenvalue weighted by Gasteiger charge is -2.49. The summed E-state index contributed by atoms with van der Waals surface area (Å²) in [4.78, 5) is 16.9. The van der Waals surface area contributed by atoms with Crippen LogP contribution in [-0.2, 0) is 13.6 Å². The van der Waals surface area contributed by atoms with Crippen LogP contribution < -0.4 is 5.32 Å². The predicted molar refractivity (Wildman–Crippen MR) is 113 cm³/mol. The number of likely N-dealkylation sites (tertiary alicyclic amines) is 2. The van der Waals surface area contributed by atoms with Crippen LogP contribution in [0.2, 0.25) is 0 Å². The molecule has 0 radical (unpaired) electrons. The normalized spacial score (nSPS) is 21.6. The van der Waals surface area contributed by atoms with Crippen LogP contribution in [0.3, 0.4) is 0 Å². The number of aliphatic imine (C=N–C) groups is 1. The Morgan fingerprint density at radius 3 is 2.50 bits per heavy atom. The predicted octanol–water partition coefficient (Wildman–Crippen LogP) is 1.16. The molecule has 0 bridgehead atoms. The number of hydrogen-bond acceptors (Lipinski definition) is 5. The largest absolute Gasteiger partial charge is 0.357 e. The summed E-state index contributed by atoms with van der Waals surface area (Å²) >= 11 is 0. The number of rotatable bonds is 6. The number of hydrogen-bond donors (Lipinski definition) is 1. The minimum atomic E-state index is 0.208. The minimum absolute atomic E-state index is 0.208. The third-order valence-electron chi connectivity index (χ3n) is 6.35. The standard InChI is InChI=1S/C20H38N8/c1-5-21-19(26(3)15-18-23-17-24-27(18)4)22-16-20(9-13-25(2)14-10-20)28-11-7-6-8-12-28/h17H,5-16H2,1-4H3,(H,21,22). The highest BCUT2D eigenvalue weighted by atomic mass is 15.4. The average molecular weight is 391 g/mol. The molecule has 0 amide bonds. The SMILES string of the molecule is CCNC(=NCC1(N2CCCCC2)CCN(C)CC1)N(C)Cc1ncnn1C. The Labute approximate surface area is 170 Å². The van der Waals surface area contributed by atoms with Crippen molar-refractivity contribution in [1.82, 2.24) is 34.8 Å². The minimum Gasteiger partial charge on any atom is -0.357 e. The zero-order valence-electron chi connectivity index (χ0n) is 18.2. The number of aryl methyl sites for hydroxylation is 1. The van der Waals surface area contributed by atoms with Crippen molar-refractivity contribution < 1.29 is 0 Å². The molecule has 0 aliphatic carbocycles. The number of aromatic nitrogens is 3. The van der Waals surface area contributed by atoms with Crippen LogP contribution in [0, 0.1) is 0 Å². The van der Waals surface area contributed by atoms with E-state index in [1.54, 1.807) is 6.33 Å². The van der Waals surface area contributed by atoms with Crippen LogP contribution in [0.15, 0.2) is 11.3 Å². The van der Waals surface area contributed by atoms with E-state index in [2.05, 4.69) is 51.1 Å². The van der Waals surface area contributed by atoms with Crippen LogP contribution >= 0.6 is 0 Å². The van der Waals surface area contributed by atoms with E-state index in [0.29, 0.717) is 6.54 Å². The fraction of sp³-hybridized carbons (Fsp3) is 0.850. The lowest BCUT2D eigenvalue weighted by atomic mass is 9.84. The monoisotopic (exact) mass is 390 g/mol. The second-order valence-corrected chi connectivity index (χ2v) is 8.40. The molecule has 0 aromatic carbocycles. The Kier molecular flexibility index (Phi) is 7.29. The molecular formula is C20H38N8. The van der Waals surface area contributed by atoms with Crippen molar-refractivity contribution in [3.63, 3.8) is 0 Å². The first-order valence-electron chi connectivity index (χ1n) is 10.8. The topological polar surface area (TPSA) is 64.8 Å². The van der Waals surface area contributed by atoms with Gasteiger partial charge in [-0.25, -0.2) is 4.98 Å². The van der Waals surface area contributed by atoms with Gasteiger partial charge >= 0.3 is 0 Å². The summed E-state index contributed by atoms with van der Waals surface area (Å²) < 4.78 is 1.83. The molecule has 2 aliphatic rings. The Morgan fingerprint density at radius 1 is 1.18 bits per heavy atom. The van der Waals surface area contributed by atoms with Crippen LogP contribution in [0.4, 0.5) is 0 Å². The average Bonchev–Trinajstić information content (AvgIpc) is 3.12. The number of piperidine rings is 2. The quantitative estimate of drug-likeness (QED) is 0.581. The van der Waals surface area contributed by atoms with Crippen molar-refractivity contribution in [2.75, 3.05) is 53.4 Å². The lowest BCUT2D eigenvalue weighted by molar-refractivity contribution is 0.0206. The molecule has 2 fully saturated rings. The van der Waals surface area contributed by atoms with Crippen molar-refractivity contribution in [2.45, 2.75) is 51.1 Å². The van der Waals surface area contributed by atoms with E-state index in [1.807, 2.05) is 11.7 Å². The van der Waals surface area contributed by atoms with Gasteiger partial charge in [0.2, 0.25) is 0 Å². The zero-order valence-corrected chi connectivity index (χ0v) is 18.2. The van der Waals surface area contributed by atoms with E-state index in [0.717, 1.165) is 38.0 Å². The molecule has 1 aromatic heterocycles. The molecular weight excluding hydrogens is 352 g/mol. The van der Waals surface area contributed by atoms with Crippen molar-refractivity contribution >= 4 is 5.96 Å². The van der Waals surface area contributed by atoms with E-state index < -0.39 is 0 Å². The van der Waals surface area contributed by atoms with Crippen LogP contribution in [0.5, 0.6) is 0 Å². The van der Waals surface area contributed by atoms with E-state index in [-0.39, 0.29) is 5.54 Å². The lowest BCUT2D eigenvalue weighted by Crippen LogP contribution is -2.58. The molecule has 1 aromatic rings. The molecule has 158 valence electrons. The molecule has 8 heteroatoms. The van der Waals surface area contributed by atoms with Gasteiger partial charge < -0.3 is 15.1 Å². The fourth-order valence-corrected chi connectivity index (χ4v) is 4.42. The van der Waals surface area contributed by atoms with Gasteiger partial charge in [0.15, 0.2) is 5.96 Å². The van der Waals surface area contributed by atoms with Gasteiger partial charge in [-0.15, -0.1) is 0 Å². The molecule has 3 rings (SSSR count). The highest BCUT2D eigenvalue weighted by Gasteiger charge is 2.39. The summed E-state index contributed by atoms with van der Waals surface area (Å²) in [5.41, 5.74) is 0.208. The first-order valence-corrected chi connectivity index (χ1v) is 10.8. The van der Waals surface area contributed by atoms with Crippen molar-refractivity contribution in [3.05, 3.63) is 12.2 Å². The molecule has 28 heavy (non-hydrogen) atoms. The maximum absolute atomic E-state index is 5.13. The summed E-state index contributed by atoms with van der Waals surface area (Å²) in [6.07, 6.45) is 8.05. The van der Waals surface area contributed by atoms with E-state index >= 15 is 0 Å². The van der Waals surface area contributed by atoms with Crippen LogP contribution in [-0.4, -0.2) is 94.3 Å². The second kappa shape index (κ2) is 9.69. The Hall–Kier alpha value is -1.67. The molecule has 2 aliphatic heterocycles. The molecule has 1 N–H and O–H groups in total. The maximum atomic E-state index is 5.13. The summed E-state index contributed by atoms with van der Waals surface area (Å²) in [5.74, 6) is 1.90. The van der Waals surface area contributed by atoms with E-state index in [9.17, 15) is 0 Å². The third kappa shape index (κ3) is 5.03. The molecule has 0 spiro atoms. The van der Waals surface area contributed by atoms with Crippen LogP contribution in [0.25, 0.3) is 0 Å². The maximum Gasteiger partial charge on any atom is 0.194 e. The van der Waals surface area contributed by atoms with E-state index in [4.69, 9.17) is 4.99 Å². The first-order chi connectivity index (χ1) is 13.5. The van der Waals surface area contributed by atoms with Gasteiger partial charge in [-0.1, -0.05) is 6.42 Å². The molecule has 0 atom stereocenters. The van der Waals surface area contributed by atoms with Crippen molar-refractivity contribution in [3.8, 4) is 0 Å². The van der Waals surface area contributed by atoms with Gasteiger partial charge in [0.05, 0.1) is 13.1 Å². The Balaban J connectivity index is 1.74. The van der Waals surface area contributed by atoms with Gasteiger partial charge in [-0.05, 0) is 65.8 Å². The highest BCUT2D eigenvalue weighted by molar-refractivity contribution is 5.79. The van der Waals surface area contributed by atoms with Gasteiger partial charge in [0.1, 0.15) is 12.2 Å². The highest BCUT2D eigenvalue weighted by Crippen LogP contribution is 2.31. The van der Waals surface area contributed by atoms with E-state index in [1.165, 1.54) is 45.2 Å². The molecule has 0 saturated carbocycles. The third-order valence-corrected chi connectivity index (χ3v) is 6.35. The smallest absolute Gasteiger partial charge is 0.194 e. The molecule has 3 heterocycles. The second-order valence-electron chi connectivity index (χ2n) is 8.40. The summed E-state index contributed by atoms with van der Waals surface area (Å²) in [6, 6.07) is 0. The van der Waals surface area contributed by atoms with Crippen molar-refractivity contribution in [1.29, 1.82) is 0 Å². The van der Waals surface area contributed by atoms with Crippen LogP contribution in [0.1, 0.15) is 44.9 Å². The van der Waals surface area contributed by atoms with Gasteiger partial charge in [-0.2, -0.15) is 5.10 Å². The Morgan fingerprint density at radius 2 is 1.89 bits per heavy atom. The molecule has 2 saturated heterocycles. The van der Waals surface area contributed by atoms with Gasteiger partial charge in [0.25, 0.3) is 0 Å². The summed E-state index contributed by atoms with van der Waals surface area (Å²) in [5, 5.41) is 7.65. The fourth-order valence-electron chi connectivity index (χ4n) is 4.42. The summed E-state index contributed by atoms with van der Waals surface area (Å²) in [7, 11) is 6.25. The number of guanidine groups is 1. The van der Waals surface area contributed by atoms with Gasteiger partial charge in [-0.3, -0.25) is 14.6 Å². The zero-order chi connectivity index (χ0) is 20.0.